The number of aliphatic hydroxyl groups is 1. The lowest BCUT2D eigenvalue weighted by Gasteiger charge is -2.04. The number of carbonyl (C=O) groups excluding carboxylic acids is 1. The van der Waals surface area contributed by atoms with Crippen LogP contribution in [0.5, 0.6) is 0 Å². The molecule has 1 N–H and O–H groups in total. The molecule has 3 rings (SSSR count). The number of hydrogen-bond donors (Lipinski definition) is 1. The summed E-state index contributed by atoms with van der Waals surface area (Å²) in [6.45, 7) is 3.31. The number of fused-ring (bicyclic) bond motifs is 3. The van der Waals surface area contributed by atoms with Crippen LogP contribution in [0.2, 0.25) is 0 Å². The second-order valence-electron chi connectivity index (χ2n) is 4.84. The van der Waals surface area contributed by atoms with E-state index in [9.17, 15) is 14.7 Å². The maximum atomic E-state index is 12.6. The van der Waals surface area contributed by atoms with Crippen LogP contribution in [0, 0.1) is 0 Å². The van der Waals surface area contributed by atoms with E-state index >= 15 is 0 Å². The normalized spacial score (nSPS) is 12.6. The Labute approximate surface area is 125 Å². The maximum absolute atomic E-state index is 12.6. The molecule has 6 heteroatoms. The molecule has 1 aromatic carbocycles. The van der Waals surface area contributed by atoms with Crippen LogP contribution in [0.1, 0.15) is 24.2 Å². The highest BCUT2D eigenvalue weighted by Crippen LogP contribution is 2.17. The molecule has 6 nitrogen and oxygen atoms in total. The monoisotopic (exact) mass is 298 g/mol. The van der Waals surface area contributed by atoms with Gasteiger partial charge in [-0.3, -0.25) is 9.20 Å². The zero-order valence-corrected chi connectivity index (χ0v) is 12.2. The smallest absolute Gasteiger partial charge is 0.341 e. The topological polar surface area (TPSA) is 80.9 Å². The van der Waals surface area contributed by atoms with E-state index in [0.29, 0.717) is 11.0 Å². The minimum atomic E-state index is -0.578. The molecule has 0 spiro atoms. The molecule has 0 saturated carbocycles. The maximum Gasteiger partial charge on any atom is 0.341 e. The molecule has 0 amide bonds. The summed E-state index contributed by atoms with van der Waals surface area (Å²) < 4.78 is 6.35. The highest BCUT2D eigenvalue weighted by Gasteiger charge is 2.19. The predicted molar refractivity (Wildman–Crippen MR) is 81.9 cm³/mol. The number of imidazole rings is 1. The first-order valence-corrected chi connectivity index (χ1v) is 6.85. The van der Waals surface area contributed by atoms with Crippen molar-refractivity contribution in [3.05, 3.63) is 51.5 Å². The number of hydrogen-bond acceptors (Lipinski definition) is 5. The zero-order chi connectivity index (χ0) is 15.9. The number of nitrogens with zero attached hydrogens (tertiary/aromatic N) is 2. The van der Waals surface area contributed by atoms with E-state index < -0.39 is 11.5 Å². The van der Waals surface area contributed by atoms with Gasteiger partial charge in [-0.15, -0.1) is 0 Å². The van der Waals surface area contributed by atoms with Crippen LogP contribution >= 0.6 is 0 Å². The first-order valence-electron chi connectivity index (χ1n) is 6.85. The van der Waals surface area contributed by atoms with Crippen molar-refractivity contribution in [1.29, 1.82) is 0 Å². The molecule has 112 valence electrons. The standard InChI is InChI=1S/C16H14N2O4/c1-3-22-16(21)11-8-10(9(2)19)15(20)18-13-7-5-4-6-12(13)17-14(11)18/h4-8,19H,3H2,1-2H3/b10-9-. The van der Waals surface area contributed by atoms with E-state index in [4.69, 9.17) is 4.74 Å². The molecule has 0 bridgehead atoms. The van der Waals surface area contributed by atoms with Gasteiger partial charge in [0.25, 0.3) is 5.56 Å². The van der Waals surface area contributed by atoms with E-state index in [0.717, 1.165) is 0 Å². The fraction of sp³-hybridized carbons (Fsp3) is 0.188. The molecule has 0 fully saturated rings. The third-order valence-electron chi connectivity index (χ3n) is 3.41. The zero-order valence-electron chi connectivity index (χ0n) is 12.2. The lowest BCUT2D eigenvalue weighted by atomic mass is 10.2. The van der Waals surface area contributed by atoms with Crippen LogP contribution in [0.15, 0.2) is 35.1 Å². The molecule has 3 aromatic rings. The number of ether oxygens (including phenoxy) is 1. The van der Waals surface area contributed by atoms with Crippen molar-refractivity contribution >= 4 is 28.4 Å². The van der Waals surface area contributed by atoms with Crippen LogP contribution in [-0.4, -0.2) is 27.1 Å². The Kier molecular flexibility index (Phi) is 3.29. The average molecular weight is 298 g/mol. The summed E-state index contributed by atoms with van der Waals surface area (Å²) in [5.74, 6) is -0.736. The fourth-order valence-corrected chi connectivity index (χ4v) is 2.42. The Bertz CT molecular complexity index is 1000. The SMILES string of the molecule is CCOC(=O)c1c/c(=C(\C)O)c(=O)n2c1nc1ccccc12. The van der Waals surface area contributed by atoms with Gasteiger partial charge in [0.15, 0.2) is 5.65 Å². The van der Waals surface area contributed by atoms with Crippen molar-refractivity contribution < 1.29 is 14.6 Å². The Balaban J connectivity index is 2.56. The van der Waals surface area contributed by atoms with Gasteiger partial charge >= 0.3 is 5.97 Å². The second-order valence-corrected chi connectivity index (χ2v) is 4.84. The number of benzene rings is 1. The predicted octanol–water partition coefficient (Wildman–Crippen LogP) is 1.43. The Morgan fingerprint density at radius 2 is 2.09 bits per heavy atom. The summed E-state index contributed by atoms with van der Waals surface area (Å²) in [7, 11) is 0. The van der Waals surface area contributed by atoms with Crippen LogP contribution in [0.4, 0.5) is 0 Å². The minimum absolute atomic E-state index is 0.0544. The van der Waals surface area contributed by atoms with Crippen molar-refractivity contribution in [3.63, 3.8) is 0 Å². The van der Waals surface area contributed by atoms with Crippen molar-refractivity contribution in [3.8, 4) is 0 Å². The van der Waals surface area contributed by atoms with Crippen LogP contribution in [0.25, 0.3) is 22.4 Å². The summed E-state index contributed by atoms with van der Waals surface area (Å²) in [6.07, 6.45) is 0. The van der Waals surface area contributed by atoms with Crippen molar-refractivity contribution in [2.24, 2.45) is 0 Å². The van der Waals surface area contributed by atoms with Crippen molar-refractivity contribution in [2.75, 3.05) is 6.61 Å². The molecule has 0 aliphatic carbocycles. The number of aliphatic hydroxyl groups excluding tert-OH is 1. The summed E-state index contributed by atoms with van der Waals surface area (Å²) in [4.78, 5) is 29.1. The van der Waals surface area contributed by atoms with E-state index in [-0.39, 0.29) is 28.8 Å². The first kappa shape index (κ1) is 14.1. The second kappa shape index (κ2) is 5.14. The highest BCUT2D eigenvalue weighted by molar-refractivity contribution is 5.98. The fourth-order valence-electron chi connectivity index (χ4n) is 2.42. The summed E-state index contributed by atoms with van der Waals surface area (Å²) in [5.41, 5.74) is 1.14. The highest BCUT2D eigenvalue weighted by atomic mass is 16.5. The average Bonchev–Trinajstić information content (AvgIpc) is 2.87. The van der Waals surface area contributed by atoms with Gasteiger partial charge in [-0.2, -0.15) is 0 Å². The minimum Gasteiger partial charge on any atom is -0.512 e. The van der Waals surface area contributed by atoms with Crippen molar-refractivity contribution in [2.45, 2.75) is 13.8 Å². The van der Waals surface area contributed by atoms with E-state index in [1.165, 1.54) is 17.4 Å². The summed E-state index contributed by atoms with van der Waals surface area (Å²) in [5, 5.41) is 9.79. The number of carbonyl (C=O) groups is 1. The molecular weight excluding hydrogens is 284 g/mol. The molecular formula is C16H14N2O4. The van der Waals surface area contributed by atoms with Gasteiger partial charge < -0.3 is 9.84 Å². The van der Waals surface area contributed by atoms with Gasteiger partial charge in [0.1, 0.15) is 11.3 Å². The molecule has 2 heterocycles. The molecule has 0 atom stereocenters. The summed E-state index contributed by atoms with van der Waals surface area (Å²) in [6, 6.07) is 8.40. The molecule has 0 aliphatic rings. The number of para-hydroxylation sites is 2. The quantitative estimate of drug-likeness (QED) is 0.724. The largest absolute Gasteiger partial charge is 0.512 e. The number of esters is 1. The lowest BCUT2D eigenvalue weighted by molar-refractivity contribution is 0.0528. The molecule has 0 radical (unpaired) electrons. The van der Waals surface area contributed by atoms with Crippen LogP contribution in [0.3, 0.4) is 0 Å². The molecule has 2 aromatic heterocycles. The third kappa shape index (κ3) is 2.00. The lowest BCUT2D eigenvalue weighted by Crippen LogP contribution is -2.33. The summed E-state index contributed by atoms with van der Waals surface area (Å²) >= 11 is 0. The van der Waals surface area contributed by atoms with Crippen molar-refractivity contribution in [1.82, 2.24) is 9.38 Å². The molecule has 22 heavy (non-hydrogen) atoms. The number of aromatic nitrogens is 2. The third-order valence-corrected chi connectivity index (χ3v) is 3.41. The van der Waals surface area contributed by atoms with Gasteiger partial charge in [-0.1, -0.05) is 12.1 Å². The Morgan fingerprint density at radius 3 is 2.77 bits per heavy atom. The van der Waals surface area contributed by atoms with E-state index in [1.54, 1.807) is 31.2 Å². The van der Waals surface area contributed by atoms with Gasteiger partial charge in [-0.05, 0) is 32.0 Å². The van der Waals surface area contributed by atoms with Gasteiger partial charge in [-0.25, -0.2) is 9.78 Å². The Hall–Kier alpha value is -2.89. The van der Waals surface area contributed by atoms with Gasteiger partial charge in [0.05, 0.1) is 22.9 Å². The van der Waals surface area contributed by atoms with Crippen LogP contribution in [-0.2, 0) is 4.74 Å². The van der Waals surface area contributed by atoms with Gasteiger partial charge in [0, 0.05) is 0 Å². The first-order chi connectivity index (χ1) is 10.5. The Morgan fingerprint density at radius 1 is 1.36 bits per heavy atom. The van der Waals surface area contributed by atoms with Gasteiger partial charge in [0.2, 0.25) is 0 Å². The van der Waals surface area contributed by atoms with E-state index in [2.05, 4.69) is 4.98 Å². The molecule has 0 saturated heterocycles. The van der Waals surface area contributed by atoms with Crippen LogP contribution < -0.4 is 10.8 Å². The number of pyridine rings is 1. The number of rotatable bonds is 2. The molecule has 0 aliphatic heterocycles. The van der Waals surface area contributed by atoms with E-state index in [1.807, 2.05) is 0 Å². The molecule has 0 unspecified atom stereocenters.